The molecule has 2 fully saturated rings. The number of nitrogens with zero attached hydrogens (tertiary/aromatic N) is 5. The molecule has 0 radical (unpaired) electrons. The summed E-state index contributed by atoms with van der Waals surface area (Å²) in [5.41, 5.74) is 0.716. The lowest BCUT2D eigenvalue weighted by atomic mass is 9.94. The van der Waals surface area contributed by atoms with Crippen molar-refractivity contribution in [1.82, 2.24) is 24.7 Å². The largest absolute Gasteiger partial charge is 0.378 e. The molecule has 2 aliphatic rings. The number of nitrogens with one attached hydrogen (secondary N) is 1. The summed E-state index contributed by atoms with van der Waals surface area (Å²) < 4.78 is 7.00. The van der Waals surface area contributed by atoms with Crippen molar-refractivity contribution >= 4 is 5.82 Å². The minimum Gasteiger partial charge on any atom is -0.378 e. The highest BCUT2D eigenvalue weighted by atomic mass is 16.5. The number of hydrogen-bond acceptors (Lipinski definition) is 6. The van der Waals surface area contributed by atoms with Crippen LogP contribution in [0.3, 0.4) is 0 Å². The second kappa shape index (κ2) is 6.83. The molecule has 2 aromatic heterocycles. The molecule has 8 heteroatoms. The summed E-state index contributed by atoms with van der Waals surface area (Å²) in [6, 6.07) is 2.11. The highest BCUT2D eigenvalue weighted by Gasteiger charge is 2.46. The molecule has 2 aromatic rings. The molecule has 1 aliphatic heterocycles. The van der Waals surface area contributed by atoms with Gasteiger partial charge in [0.15, 0.2) is 5.82 Å². The SMILES string of the molecule is COCc1cc(N2CCC(C3CC3)C2c2n[nH]c(=O)n2C(C)C)ncn1. The van der Waals surface area contributed by atoms with E-state index in [1.54, 1.807) is 18.0 Å². The van der Waals surface area contributed by atoms with Crippen LogP contribution in [0.25, 0.3) is 0 Å². The highest BCUT2D eigenvalue weighted by molar-refractivity contribution is 5.43. The molecule has 0 amide bonds. The van der Waals surface area contributed by atoms with E-state index in [1.165, 1.54) is 12.8 Å². The minimum absolute atomic E-state index is 0.0630. The van der Waals surface area contributed by atoms with Crippen LogP contribution in [0.2, 0.25) is 0 Å². The maximum Gasteiger partial charge on any atom is 0.343 e. The molecule has 0 aromatic carbocycles. The predicted molar refractivity (Wildman–Crippen MR) is 96.9 cm³/mol. The number of aromatic nitrogens is 5. The first-order valence-corrected chi connectivity index (χ1v) is 9.33. The molecule has 140 valence electrons. The lowest BCUT2D eigenvalue weighted by Crippen LogP contribution is -2.32. The van der Waals surface area contributed by atoms with Gasteiger partial charge in [-0.1, -0.05) is 0 Å². The van der Waals surface area contributed by atoms with Gasteiger partial charge in [0.1, 0.15) is 12.1 Å². The average Bonchev–Trinajstić information content (AvgIpc) is 3.25. The summed E-state index contributed by atoms with van der Waals surface area (Å²) in [5, 5.41) is 7.09. The molecule has 1 saturated carbocycles. The molecule has 8 nitrogen and oxygen atoms in total. The van der Waals surface area contributed by atoms with Crippen molar-refractivity contribution in [2.75, 3.05) is 18.6 Å². The zero-order valence-electron chi connectivity index (χ0n) is 15.6. The molecule has 0 spiro atoms. The topological polar surface area (TPSA) is 88.9 Å². The number of aromatic amines is 1. The lowest BCUT2D eigenvalue weighted by Gasteiger charge is -2.29. The summed E-state index contributed by atoms with van der Waals surface area (Å²) in [6.45, 7) is 5.41. The average molecular weight is 358 g/mol. The number of rotatable bonds is 6. The Morgan fingerprint density at radius 3 is 2.81 bits per heavy atom. The fourth-order valence-corrected chi connectivity index (χ4v) is 4.22. The van der Waals surface area contributed by atoms with E-state index in [9.17, 15) is 4.79 Å². The Bertz CT molecular complexity index is 825. The Morgan fingerprint density at radius 1 is 1.31 bits per heavy atom. The zero-order chi connectivity index (χ0) is 18.3. The number of ether oxygens (including phenoxy) is 1. The fourth-order valence-electron chi connectivity index (χ4n) is 4.22. The highest BCUT2D eigenvalue weighted by Crippen LogP contribution is 2.50. The third-order valence-electron chi connectivity index (χ3n) is 5.48. The normalized spacial score (nSPS) is 23.2. The molecule has 1 aliphatic carbocycles. The van der Waals surface area contributed by atoms with Crippen molar-refractivity contribution in [2.45, 2.75) is 51.8 Å². The summed E-state index contributed by atoms with van der Waals surface area (Å²) in [5.74, 6) is 2.93. The Labute approximate surface area is 152 Å². The van der Waals surface area contributed by atoms with Crippen LogP contribution in [0.1, 0.15) is 56.7 Å². The van der Waals surface area contributed by atoms with Gasteiger partial charge in [-0.15, -0.1) is 0 Å². The van der Waals surface area contributed by atoms with E-state index in [1.807, 2.05) is 19.9 Å². The molecule has 4 rings (SSSR count). The van der Waals surface area contributed by atoms with E-state index in [0.717, 1.165) is 36.2 Å². The summed E-state index contributed by atoms with van der Waals surface area (Å²) in [6.07, 6.45) is 5.22. The maximum absolute atomic E-state index is 12.3. The van der Waals surface area contributed by atoms with E-state index in [0.29, 0.717) is 12.5 Å². The Balaban J connectivity index is 1.75. The van der Waals surface area contributed by atoms with Crippen LogP contribution in [0.4, 0.5) is 5.82 Å². The van der Waals surface area contributed by atoms with Gasteiger partial charge in [0.25, 0.3) is 0 Å². The van der Waals surface area contributed by atoms with E-state index >= 15 is 0 Å². The van der Waals surface area contributed by atoms with E-state index in [2.05, 4.69) is 25.1 Å². The maximum atomic E-state index is 12.3. The van der Waals surface area contributed by atoms with Crippen molar-refractivity contribution < 1.29 is 4.74 Å². The Hall–Kier alpha value is -2.22. The molecular formula is C18H26N6O2. The van der Waals surface area contributed by atoms with Crippen molar-refractivity contribution in [3.63, 3.8) is 0 Å². The third-order valence-corrected chi connectivity index (χ3v) is 5.48. The Morgan fingerprint density at radius 2 is 2.12 bits per heavy atom. The molecule has 1 saturated heterocycles. The number of methoxy groups -OCH3 is 1. The van der Waals surface area contributed by atoms with Crippen LogP contribution >= 0.6 is 0 Å². The van der Waals surface area contributed by atoms with Gasteiger partial charge in [-0.3, -0.25) is 4.57 Å². The van der Waals surface area contributed by atoms with Crippen molar-refractivity contribution in [3.05, 3.63) is 34.4 Å². The molecular weight excluding hydrogens is 332 g/mol. The first-order chi connectivity index (χ1) is 12.6. The molecule has 2 unspecified atom stereocenters. The van der Waals surface area contributed by atoms with Crippen LogP contribution in [-0.2, 0) is 11.3 Å². The molecule has 0 bridgehead atoms. The summed E-state index contributed by atoms with van der Waals surface area (Å²) in [7, 11) is 1.66. The fraction of sp³-hybridized carbons (Fsp3) is 0.667. The van der Waals surface area contributed by atoms with Gasteiger partial charge < -0.3 is 9.64 Å². The van der Waals surface area contributed by atoms with Crippen LogP contribution < -0.4 is 10.6 Å². The van der Waals surface area contributed by atoms with Crippen molar-refractivity contribution in [2.24, 2.45) is 11.8 Å². The second-order valence-electron chi connectivity index (χ2n) is 7.58. The zero-order valence-corrected chi connectivity index (χ0v) is 15.6. The summed E-state index contributed by atoms with van der Waals surface area (Å²) >= 11 is 0. The number of H-pyrrole nitrogens is 1. The second-order valence-corrected chi connectivity index (χ2v) is 7.58. The first kappa shape index (κ1) is 17.2. The predicted octanol–water partition coefficient (Wildman–Crippen LogP) is 2.07. The van der Waals surface area contributed by atoms with Gasteiger partial charge in [0.2, 0.25) is 0 Å². The molecule has 2 atom stereocenters. The van der Waals surface area contributed by atoms with Gasteiger partial charge in [-0.2, -0.15) is 5.10 Å². The van der Waals surface area contributed by atoms with Crippen molar-refractivity contribution in [1.29, 1.82) is 0 Å². The minimum atomic E-state index is -0.140. The summed E-state index contributed by atoms with van der Waals surface area (Å²) in [4.78, 5) is 23.4. The number of hydrogen-bond donors (Lipinski definition) is 1. The van der Waals surface area contributed by atoms with Gasteiger partial charge in [0, 0.05) is 25.8 Å². The monoisotopic (exact) mass is 358 g/mol. The standard InChI is InChI=1S/C18H26N6O2/c1-11(2)24-17(21-22-18(24)25)16-14(12-4-5-12)6-7-23(16)15-8-13(9-26-3)19-10-20-15/h8,10-12,14,16H,4-7,9H2,1-3H3,(H,22,25). The van der Waals surface area contributed by atoms with E-state index in [-0.39, 0.29) is 17.8 Å². The van der Waals surface area contributed by atoms with Gasteiger partial charge in [-0.25, -0.2) is 19.9 Å². The molecule has 26 heavy (non-hydrogen) atoms. The van der Waals surface area contributed by atoms with Gasteiger partial charge in [0.05, 0.1) is 18.3 Å². The Kier molecular flexibility index (Phi) is 4.52. The van der Waals surface area contributed by atoms with Crippen molar-refractivity contribution in [3.8, 4) is 0 Å². The quantitative estimate of drug-likeness (QED) is 0.850. The third kappa shape index (κ3) is 3.02. The van der Waals surface area contributed by atoms with Crippen LogP contribution in [0.5, 0.6) is 0 Å². The first-order valence-electron chi connectivity index (χ1n) is 9.33. The smallest absolute Gasteiger partial charge is 0.343 e. The van der Waals surface area contributed by atoms with Crippen LogP contribution in [0.15, 0.2) is 17.2 Å². The van der Waals surface area contributed by atoms with E-state index < -0.39 is 0 Å². The van der Waals surface area contributed by atoms with Gasteiger partial charge >= 0.3 is 5.69 Å². The lowest BCUT2D eigenvalue weighted by molar-refractivity contribution is 0.181. The molecule has 1 N–H and O–H groups in total. The van der Waals surface area contributed by atoms with E-state index in [4.69, 9.17) is 4.74 Å². The van der Waals surface area contributed by atoms with Crippen LogP contribution in [0, 0.1) is 11.8 Å². The molecule has 3 heterocycles. The van der Waals surface area contributed by atoms with Crippen LogP contribution in [-0.4, -0.2) is 38.4 Å². The van der Waals surface area contributed by atoms with Gasteiger partial charge in [-0.05, 0) is 44.9 Å². The number of anilines is 1.